The Kier molecular flexibility index (Phi) is 5.67. The van der Waals surface area contributed by atoms with Gasteiger partial charge in [0.1, 0.15) is 11.6 Å². The standard InChI is InChI=1S/C24H22F2N2O/c25-21-10-6-19(7-11-21)23(18-4-2-1-3-5-18)27-14-16-28(17-15-27)24(29)20-8-12-22(26)13-9-20/h1-13,23H,14-17H2. The second kappa shape index (κ2) is 8.53. The van der Waals surface area contributed by atoms with E-state index in [1.165, 1.54) is 36.4 Å². The Balaban J connectivity index is 1.51. The van der Waals surface area contributed by atoms with Gasteiger partial charge in [-0.1, -0.05) is 42.5 Å². The SMILES string of the molecule is O=C(c1ccc(F)cc1)N1CCN(C(c2ccccc2)c2ccc(F)cc2)CC1. The van der Waals surface area contributed by atoms with Crippen molar-refractivity contribution in [3.8, 4) is 0 Å². The van der Waals surface area contributed by atoms with Gasteiger partial charge in [0.2, 0.25) is 0 Å². The first kappa shape index (κ1) is 19.3. The summed E-state index contributed by atoms with van der Waals surface area (Å²) in [4.78, 5) is 16.8. The highest BCUT2D eigenvalue weighted by atomic mass is 19.1. The highest BCUT2D eigenvalue weighted by Crippen LogP contribution is 2.30. The van der Waals surface area contributed by atoms with Crippen LogP contribution in [0.2, 0.25) is 0 Å². The van der Waals surface area contributed by atoms with Crippen molar-refractivity contribution in [2.24, 2.45) is 0 Å². The maximum atomic E-state index is 13.4. The van der Waals surface area contributed by atoms with Gasteiger partial charge in [-0.25, -0.2) is 8.78 Å². The molecule has 1 heterocycles. The molecule has 3 nitrogen and oxygen atoms in total. The van der Waals surface area contributed by atoms with E-state index in [-0.39, 0.29) is 23.6 Å². The summed E-state index contributed by atoms with van der Waals surface area (Å²) in [5.41, 5.74) is 2.66. The lowest BCUT2D eigenvalue weighted by atomic mass is 9.96. The van der Waals surface area contributed by atoms with Crippen molar-refractivity contribution < 1.29 is 13.6 Å². The number of hydrogen-bond acceptors (Lipinski definition) is 2. The van der Waals surface area contributed by atoms with Crippen LogP contribution < -0.4 is 0 Å². The molecule has 1 fully saturated rings. The van der Waals surface area contributed by atoms with E-state index >= 15 is 0 Å². The second-order valence-corrected chi connectivity index (χ2v) is 7.20. The quantitative estimate of drug-likeness (QED) is 0.652. The molecule has 1 saturated heterocycles. The van der Waals surface area contributed by atoms with E-state index in [4.69, 9.17) is 0 Å². The van der Waals surface area contributed by atoms with Crippen molar-refractivity contribution in [3.63, 3.8) is 0 Å². The Bertz CT molecular complexity index is 950. The van der Waals surface area contributed by atoms with Gasteiger partial charge >= 0.3 is 0 Å². The number of carbonyl (C=O) groups is 1. The number of benzene rings is 3. The molecule has 0 spiro atoms. The zero-order valence-corrected chi connectivity index (χ0v) is 16.0. The van der Waals surface area contributed by atoms with Crippen molar-refractivity contribution in [3.05, 3.63) is 107 Å². The molecule has 0 aliphatic carbocycles. The van der Waals surface area contributed by atoms with Crippen LogP contribution in [0.1, 0.15) is 27.5 Å². The molecule has 0 N–H and O–H groups in total. The molecule has 0 saturated carbocycles. The van der Waals surface area contributed by atoms with E-state index in [9.17, 15) is 13.6 Å². The van der Waals surface area contributed by atoms with E-state index in [0.29, 0.717) is 31.7 Å². The molecule has 1 atom stereocenters. The van der Waals surface area contributed by atoms with Gasteiger partial charge in [-0.2, -0.15) is 0 Å². The van der Waals surface area contributed by atoms with Gasteiger partial charge in [0.05, 0.1) is 6.04 Å². The van der Waals surface area contributed by atoms with Crippen molar-refractivity contribution in [1.29, 1.82) is 0 Å². The largest absolute Gasteiger partial charge is 0.336 e. The summed E-state index contributed by atoms with van der Waals surface area (Å²) in [7, 11) is 0. The summed E-state index contributed by atoms with van der Waals surface area (Å²) in [6.07, 6.45) is 0. The minimum Gasteiger partial charge on any atom is -0.336 e. The van der Waals surface area contributed by atoms with Crippen molar-refractivity contribution in [2.45, 2.75) is 6.04 Å². The van der Waals surface area contributed by atoms with Crippen molar-refractivity contribution in [1.82, 2.24) is 9.80 Å². The number of nitrogens with zero attached hydrogens (tertiary/aromatic N) is 2. The molecule has 3 aromatic rings. The monoisotopic (exact) mass is 392 g/mol. The Labute approximate surface area is 169 Å². The zero-order chi connectivity index (χ0) is 20.2. The minimum absolute atomic E-state index is 0.000117. The third kappa shape index (κ3) is 4.35. The fraction of sp³-hybridized carbons (Fsp3) is 0.208. The van der Waals surface area contributed by atoms with Crippen LogP contribution in [0.5, 0.6) is 0 Å². The van der Waals surface area contributed by atoms with Crippen LogP contribution in [0.4, 0.5) is 8.78 Å². The van der Waals surface area contributed by atoms with E-state index in [1.807, 2.05) is 30.3 Å². The number of hydrogen-bond donors (Lipinski definition) is 0. The Morgan fingerprint density at radius 1 is 0.690 bits per heavy atom. The molecule has 1 aliphatic heterocycles. The summed E-state index contributed by atoms with van der Waals surface area (Å²) in [5.74, 6) is -0.686. The van der Waals surface area contributed by atoms with E-state index < -0.39 is 0 Å². The third-order valence-electron chi connectivity index (χ3n) is 5.36. The average molecular weight is 392 g/mol. The first-order valence-electron chi connectivity index (χ1n) is 9.71. The molecule has 4 rings (SSSR count). The van der Waals surface area contributed by atoms with Crippen LogP contribution in [-0.4, -0.2) is 41.9 Å². The van der Waals surface area contributed by atoms with Crippen molar-refractivity contribution in [2.75, 3.05) is 26.2 Å². The molecule has 148 valence electrons. The summed E-state index contributed by atoms with van der Waals surface area (Å²) in [6, 6.07) is 22.4. The Morgan fingerprint density at radius 2 is 1.21 bits per heavy atom. The highest BCUT2D eigenvalue weighted by Gasteiger charge is 2.28. The van der Waals surface area contributed by atoms with Gasteiger partial charge in [-0.05, 0) is 47.5 Å². The van der Waals surface area contributed by atoms with Gasteiger partial charge in [0, 0.05) is 31.7 Å². The van der Waals surface area contributed by atoms with Gasteiger partial charge in [0.25, 0.3) is 5.91 Å². The molecule has 0 bridgehead atoms. The first-order valence-corrected chi connectivity index (χ1v) is 9.71. The van der Waals surface area contributed by atoms with Crippen LogP contribution >= 0.6 is 0 Å². The lowest BCUT2D eigenvalue weighted by molar-refractivity contribution is 0.0597. The van der Waals surface area contributed by atoms with Crippen molar-refractivity contribution >= 4 is 5.91 Å². The molecule has 1 aliphatic rings. The summed E-state index contributed by atoms with van der Waals surface area (Å²) >= 11 is 0. The number of amides is 1. The van der Waals surface area contributed by atoms with Crippen LogP contribution in [-0.2, 0) is 0 Å². The lowest BCUT2D eigenvalue weighted by Gasteiger charge is -2.39. The molecular formula is C24H22F2N2O. The number of carbonyl (C=O) groups excluding carboxylic acids is 1. The summed E-state index contributed by atoms with van der Waals surface area (Å²) in [6.45, 7) is 2.56. The maximum absolute atomic E-state index is 13.4. The summed E-state index contributed by atoms with van der Waals surface area (Å²) in [5, 5.41) is 0. The number of rotatable bonds is 4. The van der Waals surface area contributed by atoms with E-state index in [2.05, 4.69) is 17.0 Å². The van der Waals surface area contributed by atoms with Gasteiger partial charge in [-0.3, -0.25) is 9.69 Å². The van der Waals surface area contributed by atoms with Crippen LogP contribution in [0, 0.1) is 11.6 Å². The lowest BCUT2D eigenvalue weighted by Crippen LogP contribution is -2.49. The molecule has 0 aromatic heterocycles. The maximum Gasteiger partial charge on any atom is 0.253 e. The molecule has 1 amide bonds. The fourth-order valence-corrected chi connectivity index (χ4v) is 3.85. The van der Waals surface area contributed by atoms with E-state index in [0.717, 1.165) is 11.1 Å². The molecule has 0 radical (unpaired) electrons. The molecular weight excluding hydrogens is 370 g/mol. The number of piperazine rings is 1. The minimum atomic E-state index is -0.351. The Hall–Kier alpha value is -3.05. The second-order valence-electron chi connectivity index (χ2n) is 7.20. The zero-order valence-electron chi connectivity index (χ0n) is 16.0. The van der Waals surface area contributed by atoms with Crippen LogP contribution in [0.3, 0.4) is 0 Å². The van der Waals surface area contributed by atoms with Crippen LogP contribution in [0.15, 0.2) is 78.9 Å². The molecule has 5 heteroatoms. The number of halogens is 2. The topological polar surface area (TPSA) is 23.6 Å². The van der Waals surface area contributed by atoms with Crippen LogP contribution in [0.25, 0.3) is 0 Å². The highest BCUT2D eigenvalue weighted by molar-refractivity contribution is 5.94. The predicted octanol–water partition coefficient (Wildman–Crippen LogP) is 4.51. The fourth-order valence-electron chi connectivity index (χ4n) is 3.85. The molecule has 29 heavy (non-hydrogen) atoms. The van der Waals surface area contributed by atoms with Gasteiger partial charge in [-0.15, -0.1) is 0 Å². The average Bonchev–Trinajstić information content (AvgIpc) is 2.77. The van der Waals surface area contributed by atoms with E-state index in [1.54, 1.807) is 4.90 Å². The van der Waals surface area contributed by atoms with Gasteiger partial charge < -0.3 is 4.90 Å². The third-order valence-corrected chi connectivity index (χ3v) is 5.36. The molecule has 1 unspecified atom stereocenters. The normalized spacial score (nSPS) is 15.9. The Morgan fingerprint density at radius 3 is 1.79 bits per heavy atom. The first-order chi connectivity index (χ1) is 14.1. The molecule has 3 aromatic carbocycles. The summed E-state index contributed by atoms with van der Waals surface area (Å²) < 4.78 is 26.6. The predicted molar refractivity (Wildman–Crippen MR) is 109 cm³/mol. The smallest absolute Gasteiger partial charge is 0.253 e. The van der Waals surface area contributed by atoms with Gasteiger partial charge in [0.15, 0.2) is 0 Å².